The topological polar surface area (TPSA) is 26.3 Å². The molecule has 0 aliphatic carbocycles. The lowest BCUT2D eigenvalue weighted by Gasteiger charge is -2.25. The minimum atomic E-state index is -0.0757. The standard InChI is InChI=1S/C11H16O2/c1-3-4-5-6-10-9(2)7-8-11(12)13-10/h3-6,9-10H,7-8H2,1-2H3/b4-3+,6-5+/t9-,10+/m0/s1. The third-order valence-corrected chi connectivity index (χ3v) is 2.24. The van der Waals surface area contributed by atoms with Crippen LogP contribution in [0, 0.1) is 5.92 Å². The number of rotatable bonds is 2. The summed E-state index contributed by atoms with van der Waals surface area (Å²) in [6.07, 6.45) is 9.24. The van der Waals surface area contributed by atoms with E-state index in [1.807, 2.05) is 31.2 Å². The van der Waals surface area contributed by atoms with Gasteiger partial charge in [0.15, 0.2) is 0 Å². The Morgan fingerprint density at radius 1 is 1.46 bits per heavy atom. The van der Waals surface area contributed by atoms with E-state index in [1.165, 1.54) is 0 Å². The Labute approximate surface area is 79.3 Å². The number of ether oxygens (including phenoxy) is 1. The zero-order valence-corrected chi connectivity index (χ0v) is 8.19. The quantitative estimate of drug-likeness (QED) is 0.482. The lowest BCUT2D eigenvalue weighted by molar-refractivity contribution is -0.154. The summed E-state index contributed by atoms with van der Waals surface area (Å²) in [5.74, 6) is 0.368. The molecule has 1 rings (SSSR count). The highest BCUT2D eigenvalue weighted by molar-refractivity contribution is 5.70. The van der Waals surface area contributed by atoms with Gasteiger partial charge in [0.05, 0.1) is 0 Å². The highest BCUT2D eigenvalue weighted by Crippen LogP contribution is 2.21. The van der Waals surface area contributed by atoms with Gasteiger partial charge in [-0.05, 0) is 25.3 Å². The lowest BCUT2D eigenvalue weighted by atomic mass is 9.96. The molecule has 0 aromatic rings. The molecule has 0 saturated carbocycles. The number of carbonyl (C=O) groups excluding carboxylic acids is 1. The maximum atomic E-state index is 11.0. The molecule has 2 nitrogen and oxygen atoms in total. The molecule has 0 bridgehead atoms. The number of cyclic esters (lactones) is 1. The Morgan fingerprint density at radius 3 is 2.92 bits per heavy atom. The molecule has 2 heteroatoms. The average Bonchev–Trinajstić information content (AvgIpc) is 2.11. The molecule has 0 aromatic heterocycles. The summed E-state index contributed by atoms with van der Waals surface area (Å²) in [6, 6.07) is 0. The van der Waals surface area contributed by atoms with E-state index in [9.17, 15) is 4.79 Å². The summed E-state index contributed by atoms with van der Waals surface area (Å²) in [6.45, 7) is 4.07. The highest BCUT2D eigenvalue weighted by Gasteiger charge is 2.24. The van der Waals surface area contributed by atoms with Gasteiger partial charge in [-0.2, -0.15) is 0 Å². The van der Waals surface area contributed by atoms with E-state index in [1.54, 1.807) is 0 Å². The molecular formula is C11H16O2. The lowest BCUT2D eigenvalue weighted by Crippen LogP contribution is -2.29. The molecule has 0 amide bonds. The van der Waals surface area contributed by atoms with Crippen molar-refractivity contribution in [1.82, 2.24) is 0 Å². The van der Waals surface area contributed by atoms with Crippen LogP contribution < -0.4 is 0 Å². The van der Waals surface area contributed by atoms with E-state index in [4.69, 9.17) is 4.74 Å². The van der Waals surface area contributed by atoms with E-state index in [0.717, 1.165) is 6.42 Å². The molecule has 1 aliphatic heterocycles. The zero-order valence-electron chi connectivity index (χ0n) is 8.19. The molecule has 0 N–H and O–H groups in total. The second-order valence-corrected chi connectivity index (χ2v) is 3.38. The van der Waals surface area contributed by atoms with Crippen LogP contribution >= 0.6 is 0 Å². The summed E-state index contributed by atoms with van der Waals surface area (Å²) < 4.78 is 5.19. The second kappa shape index (κ2) is 4.85. The second-order valence-electron chi connectivity index (χ2n) is 3.38. The first-order valence-corrected chi connectivity index (χ1v) is 4.73. The normalized spacial score (nSPS) is 29.8. The minimum Gasteiger partial charge on any atom is -0.458 e. The van der Waals surface area contributed by atoms with E-state index >= 15 is 0 Å². The van der Waals surface area contributed by atoms with Crippen molar-refractivity contribution >= 4 is 5.97 Å². The van der Waals surface area contributed by atoms with Crippen molar-refractivity contribution < 1.29 is 9.53 Å². The summed E-state index contributed by atoms with van der Waals surface area (Å²) in [7, 11) is 0. The molecule has 2 atom stereocenters. The van der Waals surface area contributed by atoms with Crippen molar-refractivity contribution in [3.63, 3.8) is 0 Å². The van der Waals surface area contributed by atoms with Crippen molar-refractivity contribution in [2.24, 2.45) is 5.92 Å². The fraction of sp³-hybridized carbons (Fsp3) is 0.545. The first kappa shape index (κ1) is 10.0. The minimum absolute atomic E-state index is 0.0301. The smallest absolute Gasteiger partial charge is 0.306 e. The highest BCUT2D eigenvalue weighted by atomic mass is 16.5. The number of allylic oxidation sites excluding steroid dienone is 3. The monoisotopic (exact) mass is 180 g/mol. The molecule has 0 aromatic carbocycles. The first-order chi connectivity index (χ1) is 6.24. The van der Waals surface area contributed by atoms with Crippen LogP contribution in [0.5, 0.6) is 0 Å². The van der Waals surface area contributed by atoms with Crippen LogP contribution in [0.2, 0.25) is 0 Å². The molecule has 0 radical (unpaired) electrons. The van der Waals surface area contributed by atoms with Crippen molar-refractivity contribution in [3.05, 3.63) is 24.3 Å². The number of hydrogen-bond donors (Lipinski definition) is 0. The molecule has 1 saturated heterocycles. The summed E-state index contributed by atoms with van der Waals surface area (Å²) in [5.41, 5.74) is 0. The molecule has 13 heavy (non-hydrogen) atoms. The van der Waals surface area contributed by atoms with Crippen LogP contribution in [0.4, 0.5) is 0 Å². The van der Waals surface area contributed by atoms with Crippen LogP contribution in [-0.2, 0) is 9.53 Å². The van der Waals surface area contributed by atoms with Gasteiger partial charge in [-0.15, -0.1) is 0 Å². The Kier molecular flexibility index (Phi) is 3.74. The van der Waals surface area contributed by atoms with E-state index in [2.05, 4.69) is 6.92 Å². The van der Waals surface area contributed by atoms with Gasteiger partial charge in [0.25, 0.3) is 0 Å². The third kappa shape index (κ3) is 3.05. The fourth-order valence-electron chi connectivity index (χ4n) is 1.35. The van der Waals surface area contributed by atoms with Gasteiger partial charge in [0.1, 0.15) is 6.10 Å². The molecule has 0 unspecified atom stereocenters. The Morgan fingerprint density at radius 2 is 2.23 bits per heavy atom. The predicted molar refractivity (Wildman–Crippen MR) is 52.2 cm³/mol. The van der Waals surface area contributed by atoms with Crippen molar-refractivity contribution in [1.29, 1.82) is 0 Å². The van der Waals surface area contributed by atoms with Crippen molar-refractivity contribution in [3.8, 4) is 0 Å². The largest absolute Gasteiger partial charge is 0.458 e. The fourth-order valence-corrected chi connectivity index (χ4v) is 1.35. The van der Waals surface area contributed by atoms with Gasteiger partial charge in [-0.25, -0.2) is 0 Å². The van der Waals surface area contributed by atoms with Crippen LogP contribution in [0.15, 0.2) is 24.3 Å². The van der Waals surface area contributed by atoms with Crippen LogP contribution in [-0.4, -0.2) is 12.1 Å². The number of hydrogen-bond acceptors (Lipinski definition) is 2. The third-order valence-electron chi connectivity index (χ3n) is 2.24. The Bertz CT molecular complexity index is 228. The van der Waals surface area contributed by atoms with E-state index < -0.39 is 0 Å². The van der Waals surface area contributed by atoms with E-state index in [-0.39, 0.29) is 12.1 Å². The summed E-state index contributed by atoms with van der Waals surface area (Å²) in [4.78, 5) is 11.0. The Hall–Kier alpha value is -1.05. The van der Waals surface area contributed by atoms with Gasteiger partial charge in [-0.1, -0.05) is 25.2 Å². The molecule has 72 valence electrons. The van der Waals surface area contributed by atoms with Crippen molar-refractivity contribution in [2.45, 2.75) is 32.8 Å². The average molecular weight is 180 g/mol. The summed E-state index contributed by atoms with van der Waals surface area (Å²) >= 11 is 0. The molecule has 1 heterocycles. The van der Waals surface area contributed by atoms with Gasteiger partial charge >= 0.3 is 5.97 Å². The summed E-state index contributed by atoms with van der Waals surface area (Å²) in [5, 5.41) is 0. The predicted octanol–water partition coefficient (Wildman–Crippen LogP) is 2.46. The number of carbonyl (C=O) groups is 1. The van der Waals surface area contributed by atoms with Gasteiger partial charge < -0.3 is 4.74 Å². The molecule has 0 spiro atoms. The van der Waals surface area contributed by atoms with Crippen LogP contribution in [0.25, 0.3) is 0 Å². The molecular weight excluding hydrogens is 164 g/mol. The van der Waals surface area contributed by atoms with E-state index in [0.29, 0.717) is 12.3 Å². The van der Waals surface area contributed by atoms with Gasteiger partial charge in [-0.3, -0.25) is 4.79 Å². The maximum Gasteiger partial charge on any atom is 0.306 e. The van der Waals surface area contributed by atoms with Crippen molar-refractivity contribution in [2.75, 3.05) is 0 Å². The zero-order chi connectivity index (χ0) is 9.68. The van der Waals surface area contributed by atoms with Gasteiger partial charge in [0, 0.05) is 6.42 Å². The number of esters is 1. The van der Waals surface area contributed by atoms with Crippen LogP contribution in [0.3, 0.4) is 0 Å². The SMILES string of the molecule is C/C=C/C=C/[C@H]1OC(=O)CC[C@@H]1C. The van der Waals surface area contributed by atoms with Gasteiger partial charge in [0.2, 0.25) is 0 Å². The maximum absolute atomic E-state index is 11.0. The molecule has 1 aliphatic rings. The Balaban J connectivity index is 2.50. The molecule has 1 fully saturated rings. The van der Waals surface area contributed by atoms with Crippen LogP contribution in [0.1, 0.15) is 26.7 Å². The first-order valence-electron chi connectivity index (χ1n) is 4.73.